The number of halogens is 1. The Morgan fingerprint density at radius 2 is 1.86 bits per heavy atom. The first-order valence-electron chi connectivity index (χ1n) is 6.95. The molecule has 1 fully saturated rings. The molecular formula is C17H16BrNO2. The SMILES string of the molecule is O=C(NC1CC1c1ccccc1)OCc1ccc(Br)cc1. The van der Waals surface area contributed by atoms with Crippen molar-refractivity contribution in [2.45, 2.75) is 25.0 Å². The molecule has 1 saturated carbocycles. The number of rotatable bonds is 4. The molecule has 1 aliphatic carbocycles. The van der Waals surface area contributed by atoms with Gasteiger partial charge in [-0.15, -0.1) is 0 Å². The molecule has 0 aliphatic heterocycles. The van der Waals surface area contributed by atoms with Crippen LogP contribution in [0.1, 0.15) is 23.5 Å². The lowest BCUT2D eigenvalue weighted by Gasteiger charge is -2.07. The number of alkyl carbamates (subject to hydrolysis) is 1. The normalized spacial score (nSPS) is 19.9. The van der Waals surface area contributed by atoms with Gasteiger partial charge in [-0.3, -0.25) is 0 Å². The number of amides is 1. The van der Waals surface area contributed by atoms with Crippen molar-refractivity contribution in [3.05, 3.63) is 70.2 Å². The van der Waals surface area contributed by atoms with Crippen LogP contribution in [0.15, 0.2) is 59.1 Å². The maximum atomic E-state index is 11.8. The van der Waals surface area contributed by atoms with Crippen molar-refractivity contribution in [2.24, 2.45) is 0 Å². The lowest BCUT2D eigenvalue weighted by atomic mass is 10.1. The van der Waals surface area contributed by atoms with E-state index in [4.69, 9.17) is 4.74 Å². The fraction of sp³-hybridized carbons (Fsp3) is 0.235. The average Bonchev–Trinajstić information content (AvgIpc) is 3.27. The molecule has 0 saturated heterocycles. The van der Waals surface area contributed by atoms with Crippen LogP contribution in [-0.4, -0.2) is 12.1 Å². The molecule has 4 heteroatoms. The van der Waals surface area contributed by atoms with Crippen LogP contribution in [-0.2, 0) is 11.3 Å². The average molecular weight is 346 g/mol. The molecule has 2 atom stereocenters. The standard InChI is InChI=1S/C17H16BrNO2/c18-14-8-6-12(7-9-14)11-21-17(20)19-16-10-15(16)13-4-2-1-3-5-13/h1-9,15-16H,10-11H2,(H,19,20). The lowest BCUT2D eigenvalue weighted by Crippen LogP contribution is -2.27. The lowest BCUT2D eigenvalue weighted by molar-refractivity contribution is 0.139. The van der Waals surface area contributed by atoms with Crippen molar-refractivity contribution in [3.63, 3.8) is 0 Å². The van der Waals surface area contributed by atoms with Crippen LogP contribution in [0.2, 0.25) is 0 Å². The molecular weight excluding hydrogens is 330 g/mol. The third kappa shape index (κ3) is 3.85. The molecule has 3 nitrogen and oxygen atoms in total. The fourth-order valence-corrected chi connectivity index (χ4v) is 2.61. The minimum Gasteiger partial charge on any atom is -0.445 e. The number of carbonyl (C=O) groups is 1. The van der Waals surface area contributed by atoms with Crippen molar-refractivity contribution in [1.82, 2.24) is 5.32 Å². The summed E-state index contributed by atoms with van der Waals surface area (Å²) in [6.07, 6.45) is 0.638. The van der Waals surface area contributed by atoms with E-state index in [-0.39, 0.29) is 12.1 Å². The molecule has 0 radical (unpaired) electrons. The number of benzene rings is 2. The Morgan fingerprint density at radius 3 is 2.57 bits per heavy atom. The van der Waals surface area contributed by atoms with Crippen molar-refractivity contribution in [3.8, 4) is 0 Å². The van der Waals surface area contributed by atoms with E-state index < -0.39 is 0 Å². The molecule has 0 aromatic heterocycles. The minimum atomic E-state index is -0.346. The van der Waals surface area contributed by atoms with Gasteiger partial charge >= 0.3 is 6.09 Å². The van der Waals surface area contributed by atoms with Crippen molar-refractivity contribution in [1.29, 1.82) is 0 Å². The van der Waals surface area contributed by atoms with Crippen LogP contribution < -0.4 is 5.32 Å². The Morgan fingerprint density at radius 1 is 1.14 bits per heavy atom. The summed E-state index contributed by atoms with van der Waals surface area (Å²) in [6.45, 7) is 0.293. The van der Waals surface area contributed by atoms with E-state index in [9.17, 15) is 4.79 Å². The van der Waals surface area contributed by atoms with E-state index in [1.54, 1.807) is 0 Å². The van der Waals surface area contributed by atoms with Gasteiger partial charge in [-0.25, -0.2) is 4.79 Å². The van der Waals surface area contributed by atoms with Gasteiger partial charge in [0.25, 0.3) is 0 Å². The first kappa shape index (κ1) is 14.1. The highest BCUT2D eigenvalue weighted by atomic mass is 79.9. The van der Waals surface area contributed by atoms with E-state index in [1.165, 1.54) is 5.56 Å². The molecule has 2 aromatic rings. The number of ether oxygens (including phenoxy) is 1. The van der Waals surface area contributed by atoms with Crippen molar-refractivity contribution >= 4 is 22.0 Å². The van der Waals surface area contributed by atoms with Crippen LogP contribution in [0.3, 0.4) is 0 Å². The molecule has 0 bridgehead atoms. The summed E-state index contributed by atoms with van der Waals surface area (Å²) in [4.78, 5) is 11.8. The van der Waals surface area contributed by atoms with Gasteiger partial charge in [-0.05, 0) is 29.7 Å². The summed E-state index contributed by atoms with van der Waals surface area (Å²) in [5, 5.41) is 2.91. The molecule has 108 valence electrons. The smallest absolute Gasteiger partial charge is 0.407 e. The summed E-state index contributed by atoms with van der Waals surface area (Å²) in [5.74, 6) is 0.423. The van der Waals surface area contributed by atoms with Gasteiger partial charge in [0.15, 0.2) is 0 Å². The Bertz CT molecular complexity index is 612. The molecule has 2 unspecified atom stereocenters. The molecule has 2 aromatic carbocycles. The molecule has 21 heavy (non-hydrogen) atoms. The summed E-state index contributed by atoms with van der Waals surface area (Å²) in [6, 6.07) is 18.2. The van der Waals surface area contributed by atoms with Gasteiger partial charge in [0, 0.05) is 16.4 Å². The second-order valence-electron chi connectivity index (χ2n) is 5.21. The third-order valence-corrected chi connectivity index (χ3v) is 4.13. The molecule has 3 rings (SSSR count). The summed E-state index contributed by atoms with van der Waals surface area (Å²) >= 11 is 3.38. The number of hydrogen-bond acceptors (Lipinski definition) is 2. The maximum absolute atomic E-state index is 11.8. The highest BCUT2D eigenvalue weighted by molar-refractivity contribution is 9.10. The van der Waals surface area contributed by atoms with Crippen LogP contribution >= 0.6 is 15.9 Å². The predicted molar refractivity (Wildman–Crippen MR) is 85.1 cm³/mol. The van der Waals surface area contributed by atoms with Crippen molar-refractivity contribution < 1.29 is 9.53 Å². The van der Waals surface area contributed by atoms with Gasteiger partial charge in [0.1, 0.15) is 6.61 Å². The minimum absolute atomic E-state index is 0.199. The van der Waals surface area contributed by atoms with Gasteiger partial charge in [0.2, 0.25) is 0 Å². The van der Waals surface area contributed by atoms with Gasteiger partial charge in [0.05, 0.1) is 0 Å². The second kappa shape index (κ2) is 6.31. The zero-order valence-electron chi connectivity index (χ0n) is 11.5. The van der Waals surface area contributed by atoms with Gasteiger partial charge in [-0.1, -0.05) is 58.4 Å². The maximum Gasteiger partial charge on any atom is 0.407 e. The van der Waals surface area contributed by atoms with Crippen molar-refractivity contribution in [2.75, 3.05) is 0 Å². The fourth-order valence-electron chi connectivity index (χ4n) is 2.35. The quantitative estimate of drug-likeness (QED) is 0.900. The predicted octanol–water partition coefficient (Wildman–Crippen LogP) is 4.23. The largest absolute Gasteiger partial charge is 0.445 e. The van der Waals surface area contributed by atoms with Crippen LogP contribution in [0.25, 0.3) is 0 Å². The van der Waals surface area contributed by atoms with E-state index in [0.29, 0.717) is 12.5 Å². The van der Waals surface area contributed by atoms with Gasteiger partial charge in [-0.2, -0.15) is 0 Å². The first-order valence-corrected chi connectivity index (χ1v) is 7.74. The first-order chi connectivity index (χ1) is 10.2. The monoisotopic (exact) mass is 345 g/mol. The van der Waals surface area contributed by atoms with Crippen LogP contribution in [0.5, 0.6) is 0 Å². The van der Waals surface area contributed by atoms with Gasteiger partial charge < -0.3 is 10.1 Å². The van der Waals surface area contributed by atoms with E-state index in [1.807, 2.05) is 42.5 Å². The zero-order valence-corrected chi connectivity index (χ0v) is 13.0. The van der Waals surface area contributed by atoms with E-state index >= 15 is 0 Å². The highest BCUT2D eigenvalue weighted by Crippen LogP contribution is 2.40. The topological polar surface area (TPSA) is 38.3 Å². The third-order valence-electron chi connectivity index (χ3n) is 3.60. The summed E-state index contributed by atoms with van der Waals surface area (Å²) in [5.41, 5.74) is 2.25. The van der Waals surface area contributed by atoms with E-state index in [0.717, 1.165) is 16.5 Å². The summed E-state index contributed by atoms with van der Waals surface area (Å²) in [7, 11) is 0. The molecule has 0 spiro atoms. The number of hydrogen-bond donors (Lipinski definition) is 1. The van der Waals surface area contributed by atoms with Crippen LogP contribution in [0, 0.1) is 0 Å². The Hall–Kier alpha value is -1.81. The Kier molecular flexibility index (Phi) is 4.25. The van der Waals surface area contributed by atoms with Crippen LogP contribution in [0.4, 0.5) is 4.79 Å². The second-order valence-corrected chi connectivity index (χ2v) is 6.12. The molecule has 1 aliphatic rings. The Balaban J connectivity index is 1.44. The Labute approximate surface area is 132 Å². The molecule has 0 heterocycles. The number of nitrogens with one attached hydrogen (secondary N) is 1. The number of carbonyl (C=O) groups excluding carboxylic acids is 1. The summed E-state index contributed by atoms with van der Waals surface area (Å²) < 4.78 is 6.25. The molecule has 1 amide bonds. The van der Waals surface area contributed by atoms with E-state index in [2.05, 4.69) is 33.4 Å². The zero-order chi connectivity index (χ0) is 14.7. The highest BCUT2D eigenvalue weighted by Gasteiger charge is 2.39. The molecule has 1 N–H and O–H groups in total.